The average molecular weight is 634 g/mol. The summed E-state index contributed by atoms with van der Waals surface area (Å²) < 4.78 is 20.8. The summed E-state index contributed by atoms with van der Waals surface area (Å²) in [5.41, 5.74) is -4.12. The Balaban J connectivity index is 1.61. The maximum atomic E-state index is 13.5. The molecule has 0 spiro atoms. The van der Waals surface area contributed by atoms with E-state index in [2.05, 4.69) is 0 Å². The van der Waals surface area contributed by atoms with Gasteiger partial charge in [0.25, 0.3) is 0 Å². The molecule has 2 aliphatic rings. The molecule has 0 radical (unpaired) electrons. The van der Waals surface area contributed by atoms with Crippen molar-refractivity contribution < 1.29 is 89.5 Å². The Morgan fingerprint density at radius 3 is 1.69 bits per heavy atom. The van der Waals surface area contributed by atoms with Gasteiger partial charge in [0.05, 0.1) is 16.7 Å². The van der Waals surface area contributed by atoms with Gasteiger partial charge in [0.1, 0.15) is 18.8 Å². The van der Waals surface area contributed by atoms with Crippen LogP contribution in [0.5, 0.6) is 51.7 Å². The monoisotopic (exact) mass is 634 g/mol. The van der Waals surface area contributed by atoms with Crippen molar-refractivity contribution >= 4 is 17.9 Å². The van der Waals surface area contributed by atoms with Crippen LogP contribution in [0.4, 0.5) is 0 Å². The summed E-state index contributed by atoms with van der Waals surface area (Å²) in [6.45, 7) is -0.947. The third kappa shape index (κ3) is 5.07. The van der Waals surface area contributed by atoms with E-state index in [0.717, 1.165) is 0 Å². The molecule has 45 heavy (non-hydrogen) atoms. The molecule has 1 saturated heterocycles. The van der Waals surface area contributed by atoms with Gasteiger partial charge in [-0.2, -0.15) is 0 Å². The molecule has 1 unspecified atom stereocenters. The molecule has 0 aromatic heterocycles. The summed E-state index contributed by atoms with van der Waals surface area (Å²) in [7, 11) is 0. The van der Waals surface area contributed by atoms with E-state index in [1.165, 1.54) is 0 Å². The Bertz CT molecular complexity index is 1730. The molecule has 2 heterocycles. The van der Waals surface area contributed by atoms with Gasteiger partial charge >= 0.3 is 17.9 Å². The fourth-order valence-corrected chi connectivity index (χ4v) is 4.71. The van der Waals surface area contributed by atoms with E-state index in [9.17, 15) is 70.6 Å². The first kappa shape index (κ1) is 30.6. The standard InChI is InChI=1S/C27H22O18/c28-9-1-6(2-10(29)16(9)32)24(39)45-27-22(38)23-19(35)13(43-27)5-42-25(40)7-3-11(30)17(33)20(36)14(7)15-8(26(41)44-23)4-12(31)18(34)21(15)37/h1-4,13,19,22-23,27-38H,5H2/t13-,19-,22-,23+,27?/m1/s1. The minimum absolute atomic E-state index is 0.508. The summed E-state index contributed by atoms with van der Waals surface area (Å²) in [4.78, 5) is 39.4. The van der Waals surface area contributed by atoms with Gasteiger partial charge in [-0.1, -0.05) is 0 Å². The highest BCUT2D eigenvalue weighted by molar-refractivity contribution is 6.08. The number of aliphatic hydroxyl groups is 2. The minimum Gasteiger partial charge on any atom is -0.504 e. The predicted octanol–water partition coefficient (Wildman–Crippen LogP) is -0.297. The second kappa shape index (κ2) is 11.0. The number of hydrogen-bond donors (Lipinski definition) is 11. The number of hydrogen-bond acceptors (Lipinski definition) is 18. The summed E-state index contributed by atoms with van der Waals surface area (Å²) in [6.07, 6.45) is -10.2. The number of benzene rings is 3. The van der Waals surface area contributed by atoms with Crippen molar-refractivity contribution in [2.45, 2.75) is 30.7 Å². The number of phenols is 9. The zero-order valence-corrected chi connectivity index (χ0v) is 22.2. The normalized spacial score (nSPS) is 22.9. The molecule has 18 nitrogen and oxygen atoms in total. The van der Waals surface area contributed by atoms with Crippen LogP contribution in [0.25, 0.3) is 11.1 Å². The van der Waals surface area contributed by atoms with Crippen molar-refractivity contribution in [3.05, 3.63) is 41.0 Å². The number of aromatic hydroxyl groups is 9. The van der Waals surface area contributed by atoms with Crippen LogP contribution in [0.2, 0.25) is 0 Å². The smallest absolute Gasteiger partial charge is 0.340 e. The van der Waals surface area contributed by atoms with E-state index in [1.54, 1.807) is 0 Å². The maximum Gasteiger partial charge on any atom is 0.340 e. The minimum atomic E-state index is -2.22. The average Bonchev–Trinajstić information content (AvgIpc) is 2.99. The molecule has 3 aromatic carbocycles. The van der Waals surface area contributed by atoms with Gasteiger partial charge in [0.2, 0.25) is 17.8 Å². The molecule has 18 heteroatoms. The lowest BCUT2D eigenvalue weighted by Gasteiger charge is -2.41. The lowest BCUT2D eigenvalue weighted by atomic mass is 9.91. The lowest BCUT2D eigenvalue weighted by Crippen LogP contribution is -2.61. The molecular weight excluding hydrogens is 612 g/mol. The number of fused-ring (bicyclic) bond motifs is 5. The van der Waals surface area contributed by atoms with Crippen molar-refractivity contribution in [1.29, 1.82) is 0 Å². The second-order valence-corrected chi connectivity index (χ2v) is 9.79. The molecule has 2 bridgehead atoms. The molecule has 1 fully saturated rings. The molecule has 238 valence electrons. The summed E-state index contributed by atoms with van der Waals surface area (Å²) in [5.74, 6) is -14.5. The SMILES string of the molecule is O=C(OC1O[C@@H]2COC(=O)c3cc(O)c(O)c(O)c3-c3c(cc(O)c(O)c3O)C(=O)O[C@@H]([C@@H]2O)[C@H]1O)c1cc(O)c(O)c(O)c1. The number of ether oxygens (including phenoxy) is 4. The number of phenolic OH excluding ortho intramolecular Hbond substituents is 9. The Morgan fingerprint density at radius 2 is 1.16 bits per heavy atom. The largest absolute Gasteiger partial charge is 0.504 e. The van der Waals surface area contributed by atoms with Crippen molar-refractivity contribution in [3.63, 3.8) is 0 Å². The van der Waals surface area contributed by atoms with E-state index in [4.69, 9.17) is 18.9 Å². The van der Waals surface area contributed by atoms with Gasteiger partial charge < -0.3 is 75.1 Å². The van der Waals surface area contributed by atoms with Gasteiger partial charge in [0, 0.05) is 11.1 Å². The molecule has 2 aliphatic heterocycles. The fraction of sp³-hybridized carbons (Fsp3) is 0.222. The Kier molecular flexibility index (Phi) is 7.49. The Labute approximate surface area is 248 Å². The van der Waals surface area contributed by atoms with Crippen molar-refractivity contribution in [3.8, 4) is 62.9 Å². The van der Waals surface area contributed by atoms with Crippen molar-refractivity contribution in [1.82, 2.24) is 0 Å². The van der Waals surface area contributed by atoms with Gasteiger partial charge in [-0.25, -0.2) is 14.4 Å². The number of carbonyl (C=O) groups excluding carboxylic acids is 3. The Morgan fingerprint density at radius 1 is 0.667 bits per heavy atom. The first-order valence-electron chi connectivity index (χ1n) is 12.5. The molecular formula is C27H22O18. The van der Waals surface area contributed by atoms with Gasteiger partial charge in [0.15, 0.2) is 52.5 Å². The molecule has 0 saturated carbocycles. The van der Waals surface area contributed by atoms with Gasteiger partial charge in [-0.15, -0.1) is 0 Å². The third-order valence-electron chi connectivity index (χ3n) is 6.99. The lowest BCUT2D eigenvalue weighted by molar-refractivity contribution is -0.284. The Hall–Kier alpha value is -5.85. The van der Waals surface area contributed by atoms with Crippen molar-refractivity contribution in [2.24, 2.45) is 0 Å². The van der Waals surface area contributed by atoms with E-state index < -0.39 is 135 Å². The number of cyclic esters (lactones) is 1. The van der Waals surface area contributed by atoms with Crippen LogP contribution in [0.1, 0.15) is 31.1 Å². The van der Waals surface area contributed by atoms with Gasteiger partial charge in [-0.3, -0.25) is 0 Å². The highest BCUT2D eigenvalue weighted by atomic mass is 16.7. The van der Waals surface area contributed by atoms with Crippen LogP contribution in [0, 0.1) is 0 Å². The number of esters is 3. The zero-order chi connectivity index (χ0) is 33.1. The summed E-state index contributed by atoms with van der Waals surface area (Å²) in [6, 6.07) is 2.45. The first-order valence-corrected chi connectivity index (χ1v) is 12.5. The van der Waals surface area contributed by atoms with E-state index >= 15 is 0 Å². The van der Waals surface area contributed by atoms with Crippen LogP contribution < -0.4 is 0 Å². The van der Waals surface area contributed by atoms with Gasteiger partial charge in [-0.05, 0) is 24.3 Å². The van der Waals surface area contributed by atoms with E-state index in [1.807, 2.05) is 0 Å². The molecule has 3 aromatic rings. The van der Waals surface area contributed by atoms with Crippen LogP contribution >= 0.6 is 0 Å². The summed E-state index contributed by atoms with van der Waals surface area (Å²) >= 11 is 0. The van der Waals surface area contributed by atoms with Crippen LogP contribution in [0.3, 0.4) is 0 Å². The number of rotatable bonds is 2. The quantitative estimate of drug-likeness (QED) is 0.0979. The molecule has 0 amide bonds. The molecule has 5 rings (SSSR count). The molecule has 11 N–H and O–H groups in total. The zero-order valence-electron chi connectivity index (χ0n) is 22.2. The molecule has 5 atom stereocenters. The maximum absolute atomic E-state index is 13.5. The van der Waals surface area contributed by atoms with Crippen molar-refractivity contribution in [2.75, 3.05) is 6.61 Å². The number of carbonyl (C=O) groups is 3. The highest BCUT2D eigenvalue weighted by Crippen LogP contribution is 2.53. The fourth-order valence-electron chi connectivity index (χ4n) is 4.71. The predicted molar refractivity (Wildman–Crippen MR) is 139 cm³/mol. The van der Waals surface area contributed by atoms with Crippen LogP contribution in [-0.4, -0.2) is 111 Å². The van der Waals surface area contributed by atoms with Crippen LogP contribution in [0.15, 0.2) is 24.3 Å². The topological polar surface area (TPSA) is 311 Å². The first-order chi connectivity index (χ1) is 21.1. The third-order valence-corrected chi connectivity index (χ3v) is 6.99. The summed E-state index contributed by atoms with van der Waals surface area (Å²) in [5, 5.41) is 113. The number of aliphatic hydroxyl groups excluding tert-OH is 2. The van der Waals surface area contributed by atoms with Crippen LogP contribution in [-0.2, 0) is 18.9 Å². The van der Waals surface area contributed by atoms with E-state index in [-0.39, 0.29) is 0 Å². The second-order valence-electron chi connectivity index (χ2n) is 9.79. The molecule has 0 aliphatic carbocycles. The highest BCUT2D eigenvalue weighted by Gasteiger charge is 2.50. The van der Waals surface area contributed by atoms with E-state index in [0.29, 0.717) is 24.3 Å².